The van der Waals surface area contributed by atoms with Crippen LogP contribution in [0.1, 0.15) is 35.3 Å². The van der Waals surface area contributed by atoms with Crippen molar-refractivity contribution in [1.82, 2.24) is 25.0 Å². The van der Waals surface area contributed by atoms with E-state index in [9.17, 15) is 44.1 Å². The summed E-state index contributed by atoms with van der Waals surface area (Å²) in [7, 11) is 1.18. The topological polar surface area (TPSA) is 216 Å². The third kappa shape index (κ3) is 7.94. The molecule has 2 unspecified atom stereocenters. The second-order valence-electron chi connectivity index (χ2n) is 10.8. The molecule has 45 heavy (non-hydrogen) atoms. The Hall–Kier alpha value is -4.99. The van der Waals surface area contributed by atoms with Crippen LogP contribution in [0.5, 0.6) is 5.75 Å². The van der Waals surface area contributed by atoms with E-state index in [2.05, 4.69) is 10.3 Å². The molecule has 4 rings (SSSR count). The molecule has 0 aliphatic carbocycles. The van der Waals surface area contributed by atoms with Crippen LogP contribution in [0.15, 0.2) is 24.3 Å². The van der Waals surface area contributed by atoms with Crippen LogP contribution in [0.2, 0.25) is 0 Å². The number of nitrogens with zero attached hydrogens (tertiary/aromatic N) is 4. The fraction of sp³-hybridized carbons (Fsp3) is 0.483. The van der Waals surface area contributed by atoms with E-state index in [4.69, 9.17) is 9.47 Å². The van der Waals surface area contributed by atoms with E-state index >= 15 is 0 Å². The van der Waals surface area contributed by atoms with Crippen LogP contribution >= 0.6 is 0 Å². The quantitative estimate of drug-likeness (QED) is 0.252. The minimum Gasteiger partial charge on any atom is -0.483 e. The SMILES string of the molecule is COC(=O)C1CC(O)CN1C(=O)COc1cc(C(=O)N[C@@H](CCC(=O)O)C(=O)N2CCN(C(=O)O)CC2)nc2cc(C)ccc12. The van der Waals surface area contributed by atoms with E-state index in [0.717, 1.165) is 10.5 Å². The second kappa shape index (κ2) is 14.2. The summed E-state index contributed by atoms with van der Waals surface area (Å²) in [5.41, 5.74) is 1.01. The van der Waals surface area contributed by atoms with Gasteiger partial charge in [0.1, 0.15) is 23.5 Å². The molecule has 1 aromatic carbocycles. The molecular weight excluding hydrogens is 594 g/mol. The van der Waals surface area contributed by atoms with Crippen molar-refractivity contribution in [2.24, 2.45) is 0 Å². The monoisotopic (exact) mass is 629 g/mol. The number of likely N-dealkylation sites (tertiary alicyclic amines) is 1. The number of methoxy groups -OCH3 is 1. The van der Waals surface area contributed by atoms with Gasteiger partial charge < -0.3 is 44.8 Å². The number of carboxylic acids is 1. The summed E-state index contributed by atoms with van der Waals surface area (Å²) in [4.78, 5) is 82.6. The number of carbonyl (C=O) groups excluding carboxylic acids is 4. The Balaban J connectivity index is 1.55. The van der Waals surface area contributed by atoms with Crippen LogP contribution in [0, 0.1) is 6.92 Å². The number of pyridine rings is 1. The van der Waals surface area contributed by atoms with E-state index in [1.54, 1.807) is 18.2 Å². The Morgan fingerprint density at radius 1 is 1.04 bits per heavy atom. The molecule has 2 aliphatic heterocycles. The fourth-order valence-electron chi connectivity index (χ4n) is 5.31. The Bertz CT molecular complexity index is 1490. The average Bonchev–Trinajstić information content (AvgIpc) is 3.42. The van der Waals surface area contributed by atoms with E-state index < -0.39 is 67.0 Å². The van der Waals surface area contributed by atoms with Crippen molar-refractivity contribution in [2.45, 2.75) is 44.4 Å². The zero-order chi connectivity index (χ0) is 32.8. The molecule has 1 aromatic heterocycles. The third-order valence-corrected chi connectivity index (χ3v) is 7.70. The Morgan fingerprint density at radius 3 is 2.38 bits per heavy atom. The lowest BCUT2D eigenvalue weighted by molar-refractivity contribution is -0.151. The largest absolute Gasteiger partial charge is 0.483 e. The molecule has 242 valence electrons. The molecule has 0 saturated carbocycles. The van der Waals surface area contributed by atoms with Gasteiger partial charge in [-0.1, -0.05) is 6.07 Å². The highest BCUT2D eigenvalue weighted by Gasteiger charge is 2.40. The zero-order valence-corrected chi connectivity index (χ0v) is 24.8. The number of carboxylic acid groups (broad SMARTS) is 2. The lowest BCUT2D eigenvalue weighted by atomic mass is 10.1. The van der Waals surface area contributed by atoms with E-state index in [1.807, 2.05) is 6.92 Å². The number of carbonyl (C=O) groups is 6. The van der Waals surface area contributed by atoms with Gasteiger partial charge in [0.2, 0.25) is 5.91 Å². The van der Waals surface area contributed by atoms with Gasteiger partial charge in [-0.05, 0) is 31.0 Å². The Morgan fingerprint density at radius 2 is 1.73 bits per heavy atom. The van der Waals surface area contributed by atoms with Gasteiger partial charge in [0.15, 0.2) is 6.61 Å². The summed E-state index contributed by atoms with van der Waals surface area (Å²) in [6, 6.07) is 4.27. The van der Waals surface area contributed by atoms with Crippen molar-refractivity contribution < 1.29 is 53.6 Å². The number of benzene rings is 1. The minimum absolute atomic E-state index is 0.0250. The number of ether oxygens (including phenoxy) is 2. The van der Waals surface area contributed by atoms with E-state index in [1.165, 1.54) is 23.0 Å². The number of hydrogen-bond donors (Lipinski definition) is 4. The summed E-state index contributed by atoms with van der Waals surface area (Å²) in [6.07, 6.45) is -2.62. The van der Waals surface area contributed by atoms with Crippen molar-refractivity contribution >= 4 is 46.7 Å². The van der Waals surface area contributed by atoms with Crippen LogP contribution in [-0.2, 0) is 23.9 Å². The molecule has 16 nitrogen and oxygen atoms in total. The van der Waals surface area contributed by atoms with E-state index in [0.29, 0.717) is 10.9 Å². The van der Waals surface area contributed by atoms with Crippen LogP contribution in [0.3, 0.4) is 0 Å². The zero-order valence-electron chi connectivity index (χ0n) is 24.8. The highest BCUT2D eigenvalue weighted by molar-refractivity contribution is 5.99. The van der Waals surface area contributed by atoms with Crippen LogP contribution in [-0.4, -0.2) is 135 Å². The number of aromatic nitrogens is 1. The smallest absolute Gasteiger partial charge is 0.407 e. The molecule has 2 aromatic rings. The standard InChI is InChI=1S/C29H35N5O11/c1-16-3-4-18-20(11-16)30-21(13-23(18)45-15-24(36)34-14-17(35)12-22(34)28(41)44-2)26(39)31-19(5-6-25(37)38)27(40)32-7-9-33(10-8-32)29(42)43/h3-4,11,13,17,19,22,35H,5-10,12,14-15H2,1-2H3,(H,31,39)(H,37,38)(H,42,43)/t17?,19-,22?/m0/s1. The number of rotatable bonds is 10. The van der Waals surface area contributed by atoms with Crippen LogP contribution in [0.25, 0.3) is 10.9 Å². The highest BCUT2D eigenvalue weighted by atomic mass is 16.5. The number of piperazine rings is 1. The molecule has 0 bridgehead atoms. The minimum atomic E-state index is -1.23. The molecular formula is C29H35N5O11. The van der Waals surface area contributed by atoms with Gasteiger partial charge in [0.25, 0.3) is 11.8 Å². The molecule has 0 spiro atoms. The number of aryl methyl sites for hydroxylation is 1. The van der Waals surface area contributed by atoms with Gasteiger partial charge in [-0.15, -0.1) is 0 Å². The molecule has 4 N–H and O–H groups in total. The molecule has 16 heteroatoms. The second-order valence-corrected chi connectivity index (χ2v) is 10.8. The molecule has 2 saturated heterocycles. The Kier molecular flexibility index (Phi) is 10.4. The number of aliphatic hydroxyl groups excluding tert-OH is 1. The maximum Gasteiger partial charge on any atom is 0.407 e. The predicted octanol–water partition coefficient (Wildman–Crippen LogP) is -0.158. The van der Waals surface area contributed by atoms with E-state index in [-0.39, 0.29) is 57.0 Å². The molecule has 2 aliphatic rings. The average molecular weight is 630 g/mol. The van der Waals surface area contributed by atoms with Crippen LogP contribution < -0.4 is 10.1 Å². The molecule has 2 fully saturated rings. The number of aliphatic hydroxyl groups is 1. The number of hydrogen-bond acceptors (Lipinski definition) is 10. The normalized spacial score (nSPS) is 18.8. The summed E-state index contributed by atoms with van der Waals surface area (Å²) >= 11 is 0. The first-order valence-electron chi connectivity index (χ1n) is 14.3. The maximum atomic E-state index is 13.5. The highest BCUT2D eigenvalue weighted by Crippen LogP contribution is 2.27. The lowest BCUT2D eigenvalue weighted by Gasteiger charge is -2.35. The van der Waals surface area contributed by atoms with Gasteiger partial charge in [0.05, 0.1) is 18.7 Å². The van der Waals surface area contributed by atoms with Crippen LogP contribution in [0.4, 0.5) is 4.79 Å². The summed E-state index contributed by atoms with van der Waals surface area (Å²) in [5.74, 6) is -3.66. The number of fused-ring (bicyclic) bond motifs is 1. The van der Waals surface area contributed by atoms with Crippen molar-refractivity contribution in [3.8, 4) is 5.75 Å². The number of amides is 4. The first-order valence-corrected chi connectivity index (χ1v) is 14.3. The first-order chi connectivity index (χ1) is 21.4. The summed E-state index contributed by atoms with van der Waals surface area (Å²) < 4.78 is 10.6. The molecule has 4 amide bonds. The number of esters is 1. The number of aliphatic carboxylic acids is 1. The predicted molar refractivity (Wildman–Crippen MR) is 154 cm³/mol. The molecule has 3 heterocycles. The lowest BCUT2D eigenvalue weighted by Crippen LogP contribution is -2.55. The molecule has 0 radical (unpaired) electrons. The van der Waals surface area contributed by atoms with Crippen molar-refractivity contribution in [3.05, 3.63) is 35.5 Å². The summed E-state index contributed by atoms with van der Waals surface area (Å²) in [6.45, 7) is 1.50. The first kappa shape index (κ1) is 32.9. The van der Waals surface area contributed by atoms with Gasteiger partial charge in [-0.2, -0.15) is 0 Å². The number of β-amino-alcohol motifs (C(OH)–C–C–N with tert-alkyl or cyclic N) is 1. The van der Waals surface area contributed by atoms with Crippen molar-refractivity contribution in [3.63, 3.8) is 0 Å². The fourth-order valence-corrected chi connectivity index (χ4v) is 5.31. The number of nitrogens with one attached hydrogen (secondary N) is 1. The maximum absolute atomic E-state index is 13.5. The third-order valence-electron chi connectivity index (χ3n) is 7.70. The van der Waals surface area contributed by atoms with Crippen molar-refractivity contribution in [1.29, 1.82) is 0 Å². The van der Waals surface area contributed by atoms with Crippen molar-refractivity contribution in [2.75, 3.05) is 46.4 Å². The molecule has 3 atom stereocenters. The van der Waals surface area contributed by atoms with Gasteiger partial charge in [0, 0.05) is 57.0 Å². The Labute approximate surface area is 257 Å². The summed E-state index contributed by atoms with van der Waals surface area (Å²) in [5, 5.41) is 31.5. The van der Waals surface area contributed by atoms with Gasteiger partial charge in [-0.25, -0.2) is 14.6 Å². The van der Waals surface area contributed by atoms with Gasteiger partial charge >= 0.3 is 18.0 Å². The van der Waals surface area contributed by atoms with Gasteiger partial charge in [-0.3, -0.25) is 19.2 Å².